The number of rotatable bonds is 4. The van der Waals surface area contributed by atoms with Crippen molar-refractivity contribution in [1.82, 2.24) is 9.97 Å². The molecular weight excluding hydrogens is 268 g/mol. The van der Waals surface area contributed by atoms with Crippen LogP contribution in [0.5, 0.6) is 5.75 Å². The first-order valence-corrected chi connectivity index (χ1v) is 7.08. The van der Waals surface area contributed by atoms with Gasteiger partial charge in [0.25, 0.3) is 0 Å². The summed E-state index contributed by atoms with van der Waals surface area (Å²) in [5.74, 6) is 0.699. The Kier molecular flexibility index (Phi) is 3.64. The monoisotopic (exact) mass is 286 g/mol. The van der Waals surface area contributed by atoms with Gasteiger partial charge >= 0.3 is 5.97 Å². The van der Waals surface area contributed by atoms with E-state index in [4.69, 9.17) is 9.84 Å². The molecule has 1 aliphatic rings. The predicted octanol–water partition coefficient (Wildman–Crippen LogP) is 2.20. The lowest BCUT2D eigenvalue weighted by atomic mass is 9.90. The number of aromatic nitrogens is 2. The topological polar surface area (TPSA) is 75.2 Å². The van der Waals surface area contributed by atoms with Crippen molar-refractivity contribution in [3.8, 4) is 5.75 Å². The first-order chi connectivity index (χ1) is 10.2. The van der Waals surface area contributed by atoms with Gasteiger partial charge in [-0.3, -0.25) is 4.79 Å². The molecule has 5 heteroatoms. The van der Waals surface area contributed by atoms with Gasteiger partial charge in [0.15, 0.2) is 0 Å². The van der Waals surface area contributed by atoms with Gasteiger partial charge in [0.2, 0.25) is 0 Å². The maximum absolute atomic E-state index is 11.1. The zero-order valence-corrected chi connectivity index (χ0v) is 11.9. The first kappa shape index (κ1) is 13.7. The second-order valence-electron chi connectivity index (χ2n) is 5.38. The molecule has 0 fully saturated rings. The highest BCUT2D eigenvalue weighted by molar-refractivity contribution is 5.70. The number of hydrogen-bond acceptors (Lipinski definition) is 3. The molecule has 110 valence electrons. The van der Waals surface area contributed by atoms with E-state index in [2.05, 4.69) is 9.97 Å². The number of aromatic amines is 1. The summed E-state index contributed by atoms with van der Waals surface area (Å²) in [5.41, 5.74) is 3.05. The maximum Gasteiger partial charge on any atom is 0.306 e. The Labute approximate surface area is 123 Å². The normalized spacial score (nSPS) is 17.3. The van der Waals surface area contributed by atoms with Gasteiger partial charge in [-0.15, -0.1) is 0 Å². The molecule has 1 aromatic heterocycles. The van der Waals surface area contributed by atoms with Crippen LogP contribution >= 0.6 is 0 Å². The number of methoxy groups -OCH3 is 1. The number of aliphatic carboxylic acids is 1. The molecule has 1 unspecified atom stereocenters. The fraction of sp³-hybridized carbons (Fsp3) is 0.375. The third-order valence-corrected chi connectivity index (χ3v) is 3.99. The maximum atomic E-state index is 11.1. The highest BCUT2D eigenvalue weighted by atomic mass is 16.5. The van der Waals surface area contributed by atoms with Gasteiger partial charge in [-0.2, -0.15) is 0 Å². The predicted molar refractivity (Wildman–Crippen MR) is 77.5 cm³/mol. The molecule has 2 aromatic rings. The zero-order chi connectivity index (χ0) is 14.8. The lowest BCUT2D eigenvalue weighted by molar-refractivity contribution is -0.142. The van der Waals surface area contributed by atoms with Crippen molar-refractivity contribution in [1.29, 1.82) is 0 Å². The average Bonchev–Trinajstić information content (AvgIpc) is 2.89. The molecular formula is C16H18N2O3. The lowest BCUT2D eigenvalue weighted by Crippen LogP contribution is -2.22. The van der Waals surface area contributed by atoms with Crippen molar-refractivity contribution in [3.63, 3.8) is 0 Å². The Bertz CT molecular complexity index is 663. The fourth-order valence-electron chi connectivity index (χ4n) is 2.86. The number of para-hydroxylation sites is 1. The minimum Gasteiger partial charge on any atom is -0.496 e. The molecule has 0 saturated heterocycles. The summed E-state index contributed by atoms with van der Waals surface area (Å²) in [4.78, 5) is 19.0. The number of benzene rings is 1. The molecule has 1 aromatic carbocycles. The number of H-pyrrole nitrogens is 1. The zero-order valence-electron chi connectivity index (χ0n) is 11.9. The molecule has 0 amide bonds. The van der Waals surface area contributed by atoms with E-state index in [-0.39, 0.29) is 5.92 Å². The van der Waals surface area contributed by atoms with Gasteiger partial charge in [0.05, 0.1) is 18.7 Å². The molecule has 3 rings (SSSR count). The van der Waals surface area contributed by atoms with Crippen LogP contribution in [0.2, 0.25) is 0 Å². The van der Waals surface area contributed by atoms with Crippen molar-refractivity contribution in [2.75, 3.05) is 7.11 Å². The number of fused-ring (bicyclic) bond motifs is 1. The second kappa shape index (κ2) is 5.60. The third-order valence-electron chi connectivity index (χ3n) is 3.99. The number of carbonyl (C=O) groups is 1. The number of nitrogens with zero attached hydrogens (tertiary/aromatic N) is 1. The van der Waals surface area contributed by atoms with Crippen molar-refractivity contribution in [2.45, 2.75) is 25.7 Å². The van der Waals surface area contributed by atoms with Crippen LogP contribution in [0.1, 0.15) is 29.2 Å². The highest BCUT2D eigenvalue weighted by Crippen LogP contribution is 2.26. The minimum atomic E-state index is -0.721. The molecule has 0 aliphatic heterocycles. The van der Waals surface area contributed by atoms with Crippen LogP contribution in [0.15, 0.2) is 24.3 Å². The van der Waals surface area contributed by atoms with Crippen molar-refractivity contribution in [2.24, 2.45) is 5.92 Å². The Morgan fingerprint density at radius 2 is 2.29 bits per heavy atom. The van der Waals surface area contributed by atoms with Gasteiger partial charge in [0, 0.05) is 24.1 Å². The molecule has 0 spiro atoms. The van der Waals surface area contributed by atoms with E-state index in [9.17, 15) is 4.79 Å². The van der Waals surface area contributed by atoms with Crippen LogP contribution in [-0.4, -0.2) is 28.2 Å². The third kappa shape index (κ3) is 2.77. The van der Waals surface area contributed by atoms with Crippen LogP contribution in [0.4, 0.5) is 0 Å². The number of carboxylic acids is 1. The largest absolute Gasteiger partial charge is 0.496 e. The van der Waals surface area contributed by atoms with Crippen molar-refractivity contribution < 1.29 is 14.6 Å². The Morgan fingerprint density at radius 3 is 3.05 bits per heavy atom. The van der Waals surface area contributed by atoms with Crippen molar-refractivity contribution in [3.05, 3.63) is 47.0 Å². The molecule has 2 N–H and O–H groups in total. The summed E-state index contributed by atoms with van der Waals surface area (Å²) in [7, 11) is 1.66. The highest BCUT2D eigenvalue weighted by Gasteiger charge is 2.26. The van der Waals surface area contributed by atoms with Gasteiger partial charge < -0.3 is 14.8 Å². The number of carboxylic acid groups (broad SMARTS) is 1. The summed E-state index contributed by atoms with van der Waals surface area (Å²) < 4.78 is 5.35. The average molecular weight is 286 g/mol. The summed E-state index contributed by atoms with van der Waals surface area (Å²) in [6.07, 6.45) is 2.61. The molecule has 5 nitrogen and oxygen atoms in total. The fourth-order valence-corrected chi connectivity index (χ4v) is 2.86. The van der Waals surface area contributed by atoms with E-state index in [1.165, 1.54) is 0 Å². The first-order valence-electron chi connectivity index (χ1n) is 7.08. The van der Waals surface area contributed by atoms with Crippen LogP contribution in [0, 0.1) is 5.92 Å². The standard InChI is InChI=1S/C16H18N2O3/c1-21-14-5-3-2-4-10(14)9-15-17-12-7-6-11(16(19)20)8-13(12)18-15/h2-5,11H,6-9H2,1H3,(H,17,18)(H,19,20). The Hall–Kier alpha value is -2.30. The van der Waals surface area contributed by atoms with Gasteiger partial charge in [-0.05, 0) is 18.9 Å². The molecule has 1 atom stereocenters. The summed E-state index contributed by atoms with van der Waals surface area (Å²) in [6.45, 7) is 0. The molecule has 0 bridgehead atoms. The number of imidazole rings is 1. The Morgan fingerprint density at radius 1 is 1.48 bits per heavy atom. The van der Waals surface area contributed by atoms with E-state index in [1.54, 1.807) is 7.11 Å². The van der Waals surface area contributed by atoms with Crippen LogP contribution in [0.3, 0.4) is 0 Å². The number of aryl methyl sites for hydroxylation is 1. The van der Waals surface area contributed by atoms with E-state index in [1.807, 2.05) is 24.3 Å². The summed E-state index contributed by atoms with van der Waals surface area (Å²) in [5, 5.41) is 9.12. The van der Waals surface area contributed by atoms with E-state index < -0.39 is 5.97 Å². The van der Waals surface area contributed by atoms with E-state index in [0.717, 1.165) is 34.9 Å². The molecule has 0 saturated carbocycles. The van der Waals surface area contributed by atoms with Gasteiger partial charge in [0.1, 0.15) is 11.6 Å². The summed E-state index contributed by atoms with van der Waals surface area (Å²) in [6, 6.07) is 7.85. The van der Waals surface area contributed by atoms with Crippen molar-refractivity contribution >= 4 is 5.97 Å². The number of ether oxygens (including phenoxy) is 1. The van der Waals surface area contributed by atoms with Crippen LogP contribution in [0.25, 0.3) is 0 Å². The number of hydrogen-bond donors (Lipinski definition) is 2. The lowest BCUT2D eigenvalue weighted by Gasteiger charge is -2.16. The van der Waals surface area contributed by atoms with E-state index >= 15 is 0 Å². The smallest absolute Gasteiger partial charge is 0.306 e. The summed E-state index contributed by atoms with van der Waals surface area (Å²) >= 11 is 0. The van der Waals surface area contributed by atoms with E-state index in [0.29, 0.717) is 19.3 Å². The molecule has 21 heavy (non-hydrogen) atoms. The van der Waals surface area contributed by atoms with Crippen LogP contribution < -0.4 is 4.74 Å². The van der Waals surface area contributed by atoms with Gasteiger partial charge in [-0.25, -0.2) is 4.98 Å². The Balaban J connectivity index is 1.81. The van der Waals surface area contributed by atoms with Gasteiger partial charge in [-0.1, -0.05) is 18.2 Å². The number of nitrogens with one attached hydrogen (secondary N) is 1. The SMILES string of the molecule is COc1ccccc1Cc1nc2c([nH]1)CC(C(=O)O)CC2. The van der Waals surface area contributed by atoms with Crippen LogP contribution in [-0.2, 0) is 24.1 Å². The minimum absolute atomic E-state index is 0.294. The molecule has 1 heterocycles. The quantitative estimate of drug-likeness (QED) is 0.903. The molecule has 0 radical (unpaired) electrons. The second-order valence-corrected chi connectivity index (χ2v) is 5.38. The molecule has 1 aliphatic carbocycles.